The lowest BCUT2D eigenvalue weighted by Gasteiger charge is -2.33. The number of carbonyl (C=O) groups excluding carboxylic acids is 2. The van der Waals surface area contributed by atoms with Crippen LogP contribution in [0.5, 0.6) is 0 Å². The highest BCUT2D eigenvalue weighted by atomic mass is 19.4. The van der Waals surface area contributed by atoms with E-state index in [1.54, 1.807) is 6.07 Å². The molecule has 12 heteroatoms. The number of nitrogens with two attached hydrogens (primary N) is 4. The van der Waals surface area contributed by atoms with E-state index >= 15 is 0 Å². The zero-order chi connectivity index (χ0) is 31.5. The molecule has 234 valence electrons. The Hall–Kier alpha value is -3.58. The van der Waals surface area contributed by atoms with Crippen LogP contribution in [0.15, 0.2) is 60.8 Å². The van der Waals surface area contributed by atoms with Crippen molar-refractivity contribution in [3.05, 3.63) is 71.9 Å². The number of aromatic nitrogens is 1. The maximum absolute atomic E-state index is 13.4. The van der Waals surface area contributed by atoms with Gasteiger partial charge in [0.1, 0.15) is 6.04 Å². The van der Waals surface area contributed by atoms with Gasteiger partial charge in [0.2, 0.25) is 11.8 Å². The fourth-order valence-corrected chi connectivity index (χ4v) is 5.42. The number of carbonyl (C=O) groups is 2. The van der Waals surface area contributed by atoms with Crippen LogP contribution in [0.1, 0.15) is 49.7 Å². The van der Waals surface area contributed by atoms with Gasteiger partial charge in [0.05, 0.1) is 29.0 Å². The zero-order valence-corrected chi connectivity index (χ0v) is 24.2. The normalized spacial score (nSPS) is 13.5. The number of anilines is 1. The fraction of sp³-hybridized carbons (Fsp3) is 0.452. The minimum Gasteiger partial charge on any atom is -0.343 e. The molecule has 0 spiro atoms. The van der Waals surface area contributed by atoms with Crippen LogP contribution in [0.2, 0.25) is 0 Å². The Bertz CT molecular complexity index is 1320. The van der Waals surface area contributed by atoms with Gasteiger partial charge in [0.15, 0.2) is 0 Å². The van der Waals surface area contributed by atoms with Gasteiger partial charge in [0.25, 0.3) is 0 Å². The average molecular weight is 602 g/mol. The Balaban J connectivity index is 1.73. The van der Waals surface area contributed by atoms with Crippen molar-refractivity contribution in [1.29, 1.82) is 0 Å². The van der Waals surface area contributed by atoms with Gasteiger partial charge in [-0.25, -0.2) is 0 Å². The Morgan fingerprint density at radius 3 is 2.09 bits per heavy atom. The van der Waals surface area contributed by atoms with Crippen molar-refractivity contribution < 1.29 is 22.8 Å². The average Bonchev–Trinajstić information content (AvgIpc) is 2.97. The van der Waals surface area contributed by atoms with E-state index in [0.29, 0.717) is 43.7 Å². The Labute approximate surface area is 250 Å². The molecule has 0 aliphatic heterocycles. The molecule has 3 aromatic rings. The zero-order valence-electron chi connectivity index (χ0n) is 24.2. The summed E-state index contributed by atoms with van der Waals surface area (Å²) in [6.45, 7) is 1.50. The lowest BCUT2D eigenvalue weighted by Crippen LogP contribution is -2.51. The van der Waals surface area contributed by atoms with Crippen molar-refractivity contribution in [1.82, 2.24) is 10.3 Å². The number of hydrogen-bond donors (Lipinski definition) is 6. The van der Waals surface area contributed by atoms with Crippen molar-refractivity contribution >= 4 is 28.4 Å². The SMILES string of the molecule is NCCC(CCN)(CCN)CCCC(N)C(=O)NC(Cc1ccc(C(F)(F)F)cc1)C(=O)Nc1cnc2ccccc2c1. The highest BCUT2D eigenvalue weighted by Gasteiger charge is 2.31. The van der Waals surface area contributed by atoms with E-state index < -0.39 is 35.6 Å². The predicted molar refractivity (Wildman–Crippen MR) is 163 cm³/mol. The maximum Gasteiger partial charge on any atom is 0.416 e. The molecule has 2 atom stereocenters. The number of para-hydroxylation sites is 1. The molecule has 2 amide bonds. The van der Waals surface area contributed by atoms with Crippen LogP contribution in [0.4, 0.5) is 18.9 Å². The lowest BCUT2D eigenvalue weighted by atomic mass is 9.74. The summed E-state index contributed by atoms with van der Waals surface area (Å²) in [7, 11) is 0. The maximum atomic E-state index is 13.4. The van der Waals surface area contributed by atoms with Gasteiger partial charge in [-0.3, -0.25) is 14.6 Å². The summed E-state index contributed by atoms with van der Waals surface area (Å²) in [6, 6.07) is 11.6. The van der Waals surface area contributed by atoms with E-state index in [1.165, 1.54) is 18.3 Å². The summed E-state index contributed by atoms with van der Waals surface area (Å²) in [5, 5.41) is 6.28. The standard InChI is InChI=1S/C31H42F3N7O2/c32-31(33,34)23-9-7-21(8-10-23)18-27(29(43)40-24-19-22-4-1-2-6-26(22)39-20-24)41-28(42)25(38)5-3-11-30(12-15-35,13-16-36)14-17-37/h1-2,4,6-10,19-20,25,27H,3,5,11-18,35-38H2,(H,40,43)(H,41,42). The Morgan fingerprint density at radius 2 is 1.49 bits per heavy atom. The van der Waals surface area contributed by atoms with Gasteiger partial charge in [0, 0.05) is 11.8 Å². The molecular formula is C31H42F3N7O2. The summed E-state index contributed by atoms with van der Waals surface area (Å²) in [5.41, 5.74) is 24.4. The molecule has 2 unspecified atom stereocenters. The molecule has 9 nitrogen and oxygen atoms in total. The molecule has 1 heterocycles. The molecular weight excluding hydrogens is 559 g/mol. The first kappa shape index (κ1) is 33.9. The number of alkyl halides is 3. The second kappa shape index (κ2) is 15.8. The highest BCUT2D eigenvalue weighted by Crippen LogP contribution is 2.35. The lowest BCUT2D eigenvalue weighted by molar-refractivity contribution is -0.137. The number of rotatable bonds is 16. The number of nitrogens with zero attached hydrogens (tertiary/aromatic N) is 1. The smallest absolute Gasteiger partial charge is 0.343 e. The first-order valence-corrected chi connectivity index (χ1v) is 14.5. The quantitative estimate of drug-likeness (QED) is 0.146. The van der Waals surface area contributed by atoms with E-state index in [-0.39, 0.29) is 11.8 Å². The first-order valence-electron chi connectivity index (χ1n) is 14.5. The molecule has 0 fully saturated rings. The third-order valence-corrected chi connectivity index (χ3v) is 7.80. The molecule has 10 N–H and O–H groups in total. The van der Waals surface area contributed by atoms with Crippen LogP contribution in [0, 0.1) is 5.41 Å². The summed E-state index contributed by atoms with van der Waals surface area (Å²) in [4.78, 5) is 30.9. The van der Waals surface area contributed by atoms with Crippen molar-refractivity contribution in [2.45, 2.75) is 63.2 Å². The van der Waals surface area contributed by atoms with Crippen molar-refractivity contribution in [2.24, 2.45) is 28.3 Å². The second-order valence-corrected chi connectivity index (χ2v) is 11.0. The Morgan fingerprint density at radius 1 is 0.860 bits per heavy atom. The van der Waals surface area contributed by atoms with Gasteiger partial charge >= 0.3 is 6.18 Å². The third-order valence-electron chi connectivity index (χ3n) is 7.80. The van der Waals surface area contributed by atoms with Crippen LogP contribution in [0.3, 0.4) is 0 Å². The second-order valence-electron chi connectivity index (χ2n) is 11.0. The number of hydrogen-bond acceptors (Lipinski definition) is 7. The van der Waals surface area contributed by atoms with E-state index in [0.717, 1.165) is 48.7 Å². The molecule has 1 aromatic heterocycles. The minimum atomic E-state index is -4.49. The monoisotopic (exact) mass is 601 g/mol. The predicted octanol–water partition coefficient (Wildman–Crippen LogP) is 3.45. The third kappa shape index (κ3) is 9.99. The molecule has 43 heavy (non-hydrogen) atoms. The summed E-state index contributed by atoms with van der Waals surface area (Å²) >= 11 is 0. The van der Waals surface area contributed by atoms with E-state index in [2.05, 4.69) is 15.6 Å². The van der Waals surface area contributed by atoms with Gasteiger partial charge in [-0.2, -0.15) is 13.2 Å². The summed E-state index contributed by atoms with van der Waals surface area (Å²) in [5.74, 6) is -1.09. The van der Waals surface area contributed by atoms with Gasteiger partial charge in [-0.1, -0.05) is 36.8 Å². The number of amides is 2. The van der Waals surface area contributed by atoms with E-state index in [9.17, 15) is 22.8 Å². The fourth-order valence-electron chi connectivity index (χ4n) is 5.42. The van der Waals surface area contributed by atoms with Gasteiger partial charge < -0.3 is 33.6 Å². The van der Waals surface area contributed by atoms with Crippen molar-refractivity contribution in [2.75, 3.05) is 25.0 Å². The number of halogens is 3. The van der Waals surface area contributed by atoms with Crippen LogP contribution in [-0.2, 0) is 22.2 Å². The molecule has 0 bridgehead atoms. The number of benzene rings is 2. The van der Waals surface area contributed by atoms with Crippen LogP contribution >= 0.6 is 0 Å². The minimum absolute atomic E-state index is 0.0456. The van der Waals surface area contributed by atoms with E-state index in [1.807, 2.05) is 24.3 Å². The van der Waals surface area contributed by atoms with Gasteiger partial charge in [-0.15, -0.1) is 0 Å². The van der Waals surface area contributed by atoms with E-state index in [4.69, 9.17) is 22.9 Å². The molecule has 0 aliphatic carbocycles. The summed E-state index contributed by atoms with van der Waals surface area (Å²) < 4.78 is 39.2. The van der Waals surface area contributed by atoms with Gasteiger partial charge in [-0.05, 0) is 87.0 Å². The molecule has 0 radical (unpaired) electrons. The molecule has 3 rings (SSSR count). The molecule has 0 saturated carbocycles. The van der Waals surface area contributed by atoms with Crippen LogP contribution < -0.4 is 33.6 Å². The van der Waals surface area contributed by atoms with Crippen LogP contribution in [0.25, 0.3) is 10.9 Å². The first-order chi connectivity index (χ1) is 20.5. The van der Waals surface area contributed by atoms with Crippen molar-refractivity contribution in [3.8, 4) is 0 Å². The number of nitrogens with one attached hydrogen (secondary N) is 2. The highest BCUT2D eigenvalue weighted by molar-refractivity contribution is 5.99. The topological polar surface area (TPSA) is 175 Å². The number of pyridine rings is 1. The molecule has 2 aromatic carbocycles. The Kier molecular flexibility index (Phi) is 12.4. The summed E-state index contributed by atoms with van der Waals surface area (Å²) in [6.07, 6.45) is 1.00. The van der Waals surface area contributed by atoms with Crippen LogP contribution in [-0.4, -0.2) is 48.5 Å². The number of fused-ring (bicyclic) bond motifs is 1. The largest absolute Gasteiger partial charge is 0.416 e. The molecule has 0 saturated heterocycles. The van der Waals surface area contributed by atoms with Crippen molar-refractivity contribution in [3.63, 3.8) is 0 Å². The molecule has 0 aliphatic rings.